The number of aromatic nitrogens is 2. The van der Waals surface area contributed by atoms with Crippen molar-refractivity contribution in [3.63, 3.8) is 0 Å². The third-order valence-electron chi connectivity index (χ3n) is 2.91. The molecule has 94 valence electrons. The smallest absolute Gasteiger partial charge is 0.292 e. The fourth-order valence-corrected chi connectivity index (χ4v) is 2.02. The lowest BCUT2D eigenvalue weighted by atomic mass is 10.2. The van der Waals surface area contributed by atoms with Gasteiger partial charge in [-0.1, -0.05) is 18.0 Å². The average molecular weight is 238 g/mol. The highest BCUT2D eigenvalue weighted by molar-refractivity contribution is 5.90. The Balaban J connectivity index is 1.83. The van der Waals surface area contributed by atoms with E-state index in [9.17, 15) is 4.79 Å². The molecule has 1 aliphatic rings. The molecule has 0 aromatic carbocycles. The van der Waals surface area contributed by atoms with Gasteiger partial charge in [0.1, 0.15) is 0 Å². The average Bonchev–Trinajstić information content (AvgIpc) is 2.98. The molecule has 1 fully saturated rings. The van der Waals surface area contributed by atoms with E-state index in [0.717, 1.165) is 0 Å². The Labute approximate surface area is 100 Å². The highest BCUT2D eigenvalue weighted by atomic mass is 16.5. The summed E-state index contributed by atoms with van der Waals surface area (Å²) in [6.07, 6.45) is 4.98. The first-order valence-electron chi connectivity index (χ1n) is 6.13. The predicted octanol–water partition coefficient (Wildman–Crippen LogP) is 0.851. The van der Waals surface area contributed by atoms with Gasteiger partial charge >= 0.3 is 0 Å². The summed E-state index contributed by atoms with van der Waals surface area (Å²) in [4.78, 5) is 15.4. The van der Waals surface area contributed by atoms with Crippen molar-refractivity contribution < 1.29 is 9.32 Å². The Hall–Kier alpha value is -1.43. The molecule has 1 aromatic heterocycles. The van der Waals surface area contributed by atoms with Gasteiger partial charge < -0.3 is 15.2 Å². The molecule has 1 aliphatic carbocycles. The molecular formula is C11H18N4O2. The Morgan fingerprint density at radius 1 is 1.47 bits per heavy atom. The van der Waals surface area contributed by atoms with Crippen LogP contribution in [0.2, 0.25) is 0 Å². The summed E-state index contributed by atoms with van der Waals surface area (Å²) >= 11 is 0. The highest BCUT2D eigenvalue weighted by Gasteiger charge is 2.17. The maximum Gasteiger partial charge on any atom is 0.292 e. The van der Waals surface area contributed by atoms with E-state index in [1.54, 1.807) is 0 Å². The fraction of sp³-hybridized carbons (Fsp3) is 0.727. The second-order valence-corrected chi connectivity index (χ2v) is 4.23. The monoisotopic (exact) mass is 238 g/mol. The van der Waals surface area contributed by atoms with Crippen LogP contribution >= 0.6 is 0 Å². The molecule has 0 unspecified atom stereocenters. The maximum absolute atomic E-state index is 11.4. The molecule has 1 aromatic rings. The summed E-state index contributed by atoms with van der Waals surface area (Å²) < 4.78 is 5.01. The first kappa shape index (κ1) is 12.0. The maximum atomic E-state index is 11.4. The molecule has 2 rings (SSSR count). The molecule has 17 heavy (non-hydrogen) atoms. The minimum Gasteiger partial charge on any atom is -0.349 e. The van der Waals surface area contributed by atoms with Crippen LogP contribution in [-0.2, 0) is 6.54 Å². The zero-order valence-electron chi connectivity index (χ0n) is 10.0. The summed E-state index contributed by atoms with van der Waals surface area (Å²) in [7, 11) is 0. The molecule has 0 saturated heterocycles. The van der Waals surface area contributed by atoms with Crippen molar-refractivity contribution in [2.45, 2.75) is 45.2 Å². The van der Waals surface area contributed by atoms with Crippen LogP contribution in [-0.4, -0.2) is 28.6 Å². The molecule has 1 heterocycles. The molecule has 0 spiro atoms. The van der Waals surface area contributed by atoms with Crippen molar-refractivity contribution >= 4 is 5.91 Å². The van der Waals surface area contributed by atoms with Crippen molar-refractivity contribution in [1.82, 2.24) is 20.8 Å². The van der Waals surface area contributed by atoms with E-state index in [-0.39, 0.29) is 11.7 Å². The topological polar surface area (TPSA) is 80.0 Å². The standard InChI is InChI=1S/C11H18N4O2/c1-2-12-11(16)10-14-9(17-15-10)7-13-8-5-3-4-6-8/h8,13H,2-7H2,1H3,(H,12,16). The van der Waals surface area contributed by atoms with Crippen LogP contribution in [0.25, 0.3) is 0 Å². The fourth-order valence-electron chi connectivity index (χ4n) is 2.02. The highest BCUT2D eigenvalue weighted by Crippen LogP contribution is 2.17. The van der Waals surface area contributed by atoms with Gasteiger partial charge in [-0.2, -0.15) is 4.98 Å². The van der Waals surface area contributed by atoms with Crippen LogP contribution in [0.1, 0.15) is 49.1 Å². The van der Waals surface area contributed by atoms with Crippen LogP contribution in [0, 0.1) is 0 Å². The Kier molecular flexibility index (Phi) is 4.08. The first-order chi connectivity index (χ1) is 8.29. The van der Waals surface area contributed by atoms with Crippen molar-refractivity contribution in [1.29, 1.82) is 0 Å². The predicted molar refractivity (Wildman–Crippen MR) is 61.4 cm³/mol. The lowest BCUT2D eigenvalue weighted by Gasteiger charge is -2.08. The SMILES string of the molecule is CCNC(=O)c1noc(CNC2CCCC2)n1. The van der Waals surface area contributed by atoms with Gasteiger partial charge in [0.25, 0.3) is 11.7 Å². The second kappa shape index (κ2) is 5.77. The third-order valence-corrected chi connectivity index (χ3v) is 2.91. The third kappa shape index (κ3) is 3.26. The zero-order chi connectivity index (χ0) is 12.1. The normalized spacial score (nSPS) is 16.3. The minimum atomic E-state index is -0.289. The van der Waals surface area contributed by atoms with E-state index < -0.39 is 0 Å². The number of rotatable bonds is 5. The van der Waals surface area contributed by atoms with Gasteiger partial charge in [0.15, 0.2) is 0 Å². The van der Waals surface area contributed by atoms with E-state index in [4.69, 9.17) is 4.52 Å². The lowest BCUT2D eigenvalue weighted by molar-refractivity contribution is 0.0942. The van der Waals surface area contributed by atoms with Crippen LogP contribution in [0.4, 0.5) is 0 Å². The lowest BCUT2D eigenvalue weighted by Crippen LogP contribution is -2.26. The molecule has 0 bridgehead atoms. The molecule has 1 saturated carbocycles. The van der Waals surface area contributed by atoms with E-state index in [2.05, 4.69) is 20.8 Å². The van der Waals surface area contributed by atoms with Crippen LogP contribution in [0.3, 0.4) is 0 Å². The van der Waals surface area contributed by atoms with Crippen LogP contribution in [0.5, 0.6) is 0 Å². The summed E-state index contributed by atoms with van der Waals surface area (Å²) in [6.45, 7) is 2.95. The van der Waals surface area contributed by atoms with Crippen LogP contribution < -0.4 is 10.6 Å². The second-order valence-electron chi connectivity index (χ2n) is 4.23. The number of amides is 1. The molecule has 6 nitrogen and oxygen atoms in total. The van der Waals surface area contributed by atoms with Crippen LogP contribution in [0.15, 0.2) is 4.52 Å². The number of carbonyl (C=O) groups is 1. The van der Waals surface area contributed by atoms with Gasteiger partial charge in [-0.15, -0.1) is 0 Å². The first-order valence-corrected chi connectivity index (χ1v) is 6.13. The summed E-state index contributed by atoms with van der Waals surface area (Å²) in [5.41, 5.74) is 0. The Morgan fingerprint density at radius 3 is 2.94 bits per heavy atom. The quantitative estimate of drug-likeness (QED) is 0.795. The summed E-state index contributed by atoms with van der Waals surface area (Å²) in [6, 6.07) is 0.551. The van der Waals surface area contributed by atoms with Gasteiger partial charge in [0.2, 0.25) is 5.89 Å². The number of carbonyl (C=O) groups excluding carboxylic acids is 1. The van der Waals surface area contributed by atoms with Gasteiger partial charge in [0, 0.05) is 12.6 Å². The zero-order valence-corrected chi connectivity index (χ0v) is 10.0. The van der Waals surface area contributed by atoms with Crippen molar-refractivity contribution in [2.75, 3.05) is 6.54 Å². The largest absolute Gasteiger partial charge is 0.349 e. The van der Waals surface area contributed by atoms with E-state index in [0.29, 0.717) is 25.0 Å². The van der Waals surface area contributed by atoms with E-state index in [1.165, 1.54) is 25.7 Å². The van der Waals surface area contributed by atoms with E-state index in [1.807, 2.05) is 6.92 Å². The number of hydrogen-bond donors (Lipinski definition) is 2. The summed E-state index contributed by atoms with van der Waals surface area (Å²) in [5, 5.41) is 9.62. The van der Waals surface area contributed by atoms with Gasteiger partial charge in [-0.25, -0.2) is 0 Å². The molecule has 2 N–H and O–H groups in total. The van der Waals surface area contributed by atoms with Gasteiger partial charge in [-0.05, 0) is 19.8 Å². The van der Waals surface area contributed by atoms with Crippen molar-refractivity contribution in [3.05, 3.63) is 11.7 Å². The molecule has 1 amide bonds. The Morgan fingerprint density at radius 2 is 2.24 bits per heavy atom. The van der Waals surface area contributed by atoms with Crippen molar-refractivity contribution in [2.24, 2.45) is 0 Å². The van der Waals surface area contributed by atoms with E-state index >= 15 is 0 Å². The number of nitrogens with zero attached hydrogens (tertiary/aromatic N) is 2. The molecule has 6 heteroatoms. The molecule has 0 atom stereocenters. The molecular weight excluding hydrogens is 220 g/mol. The number of nitrogens with one attached hydrogen (secondary N) is 2. The van der Waals surface area contributed by atoms with Gasteiger partial charge in [0.05, 0.1) is 6.54 Å². The summed E-state index contributed by atoms with van der Waals surface area (Å²) in [5.74, 6) is 0.289. The molecule has 0 radical (unpaired) electrons. The Bertz CT molecular complexity index is 371. The van der Waals surface area contributed by atoms with Gasteiger partial charge in [-0.3, -0.25) is 4.79 Å². The van der Waals surface area contributed by atoms with Crippen molar-refractivity contribution in [3.8, 4) is 0 Å². The molecule has 0 aliphatic heterocycles. The number of hydrogen-bond acceptors (Lipinski definition) is 5. The minimum absolute atomic E-state index is 0.107.